The van der Waals surface area contributed by atoms with Gasteiger partial charge in [0.25, 0.3) is 5.56 Å². The molecule has 5 heteroatoms. The third kappa shape index (κ3) is 3.74. The van der Waals surface area contributed by atoms with Crippen molar-refractivity contribution in [1.82, 2.24) is 9.55 Å². The van der Waals surface area contributed by atoms with Crippen LogP contribution >= 0.6 is 23.1 Å². The Hall–Kier alpha value is -2.37. The Labute approximate surface area is 160 Å². The van der Waals surface area contributed by atoms with Crippen LogP contribution in [0.3, 0.4) is 0 Å². The highest BCUT2D eigenvalue weighted by Crippen LogP contribution is 2.22. The fourth-order valence-electron chi connectivity index (χ4n) is 2.85. The smallest absolute Gasteiger partial charge is 0.262 e. The van der Waals surface area contributed by atoms with E-state index in [9.17, 15) is 4.79 Å². The summed E-state index contributed by atoms with van der Waals surface area (Å²) in [6, 6.07) is 22.0. The van der Waals surface area contributed by atoms with Crippen LogP contribution in [0.4, 0.5) is 0 Å². The van der Waals surface area contributed by atoms with Gasteiger partial charge in [0.15, 0.2) is 5.16 Å². The monoisotopic (exact) mass is 378 g/mol. The van der Waals surface area contributed by atoms with Crippen molar-refractivity contribution in [2.75, 3.05) is 0 Å². The summed E-state index contributed by atoms with van der Waals surface area (Å²) in [7, 11) is 0. The highest BCUT2D eigenvalue weighted by atomic mass is 32.2. The quantitative estimate of drug-likeness (QED) is 0.350. The number of thiophene rings is 1. The molecule has 0 saturated heterocycles. The summed E-state index contributed by atoms with van der Waals surface area (Å²) >= 11 is 3.35. The molecule has 0 bridgehead atoms. The van der Waals surface area contributed by atoms with Gasteiger partial charge < -0.3 is 0 Å². The second-order valence-corrected chi connectivity index (χ2v) is 7.95. The van der Waals surface area contributed by atoms with Crippen molar-refractivity contribution in [2.24, 2.45) is 0 Å². The highest BCUT2D eigenvalue weighted by molar-refractivity contribution is 7.98. The van der Waals surface area contributed by atoms with Crippen LogP contribution in [0, 0.1) is 0 Å². The summed E-state index contributed by atoms with van der Waals surface area (Å²) in [6.45, 7) is 0.647. The van der Waals surface area contributed by atoms with Crippen molar-refractivity contribution in [3.63, 3.8) is 0 Å². The standard InChI is InChI=1S/C21H18N2OS2/c24-20-18-10-4-5-11-19(18)22-21(26-15-16-7-2-1-3-8-16)23(20)13-12-17-9-6-14-25-17/h1-11,14H,12-13,15H2. The number of aryl methyl sites for hydroxylation is 1. The summed E-state index contributed by atoms with van der Waals surface area (Å²) in [4.78, 5) is 19.1. The first-order valence-corrected chi connectivity index (χ1v) is 10.4. The number of thioether (sulfide) groups is 1. The van der Waals surface area contributed by atoms with Crippen LogP contribution in [0.5, 0.6) is 0 Å². The normalized spacial score (nSPS) is 11.1. The van der Waals surface area contributed by atoms with E-state index in [1.165, 1.54) is 10.4 Å². The number of rotatable bonds is 6. The molecule has 0 saturated carbocycles. The number of hydrogen-bond donors (Lipinski definition) is 0. The van der Waals surface area contributed by atoms with Crippen LogP contribution < -0.4 is 5.56 Å². The van der Waals surface area contributed by atoms with Gasteiger partial charge in [-0.25, -0.2) is 4.98 Å². The van der Waals surface area contributed by atoms with Crippen molar-refractivity contribution in [2.45, 2.75) is 23.9 Å². The molecule has 0 aliphatic carbocycles. The second kappa shape index (κ2) is 7.89. The van der Waals surface area contributed by atoms with Crippen LogP contribution in [0.15, 0.2) is 82.1 Å². The molecule has 2 aromatic heterocycles. The molecule has 0 spiro atoms. The van der Waals surface area contributed by atoms with Crippen LogP contribution in [-0.4, -0.2) is 9.55 Å². The molecule has 0 radical (unpaired) electrons. The molecule has 0 unspecified atom stereocenters. The zero-order valence-electron chi connectivity index (χ0n) is 14.2. The maximum atomic E-state index is 13.0. The predicted octanol–water partition coefficient (Wildman–Crippen LogP) is 4.99. The minimum atomic E-state index is 0.0442. The van der Waals surface area contributed by atoms with Crippen molar-refractivity contribution < 1.29 is 0 Å². The molecule has 130 valence electrons. The van der Waals surface area contributed by atoms with E-state index in [4.69, 9.17) is 4.98 Å². The fourth-order valence-corrected chi connectivity index (χ4v) is 4.53. The number of aromatic nitrogens is 2. The van der Waals surface area contributed by atoms with Gasteiger partial charge in [-0.3, -0.25) is 9.36 Å². The first-order valence-electron chi connectivity index (χ1n) is 8.50. The molecule has 2 heterocycles. The summed E-state index contributed by atoms with van der Waals surface area (Å²) < 4.78 is 1.83. The molecular formula is C21H18N2OS2. The molecule has 4 rings (SSSR count). The maximum absolute atomic E-state index is 13.0. The summed E-state index contributed by atoms with van der Waals surface area (Å²) in [5, 5.41) is 3.54. The zero-order valence-corrected chi connectivity index (χ0v) is 15.8. The molecule has 0 aliphatic heterocycles. The first kappa shape index (κ1) is 17.1. The molecule has 26 heavy (non-hydrogen) atoms. The van der Waals surface area contributed by atoms with Crippen molar-refractivity contribution >= 4 is 34.0 Å². The average Bonchev–Trinajstić information content (AvgIpc) is 3.20. The van der Waals surface area contributed by atoms with Gasteiger partial charge in [-0.1, -0.05) is 60.3 Å². The molecular weight excluding hydrogens is 360 g/mol. The Bertz CT molecular complexity index is 1060. The van der Waals surface area contributed by atoms with Crippen LogP contribution in [0.25, 0.3) is 10.9 Å². The van der Waals surface area contributed by atoms with Gasteiger partial charge in [0.05, 0.1) is 10.9 Å². The number of nitrogens with zero attached hydrogens (tertiary/aromatic N) is 2. The molecule has 2 aromatic carbocycles. The third-order valence-electron chi connectivity index (χ3n) is 4.20. The fraction of sp³-hybridized carbons (Fsp3) is 0.143. The van der Waals surface area contributed by atoms with E-state index >= 15 is 0 Å². The molecule has 0 aliphatic rings. The lowest BCUT2D eigenvalue weighted by Gasteiger charge is -2.13. The van der Waals surface area contributed by atoms with Crippen molar-refractivity contribution in [1.29, 1.82) is 0 Å². The van der Waals surface area contributed by atoms with E-state index in [1.807, 2.05) is 53.1 Å². The predicted molar refractivity (Wildman–Crippen MR) is 110 cm³/mol. The van der Waals surface area contributed by atoms with E-state index in [-0.39, 0.29) is 5.56 Å². The highest BCUT2D eigenvalue weighted by Gasteiger charge is 2.12. The third-order valence-corrected chi connectivity index (χ3v) is 6.18. The summed E-state index contributed by atoms with van der Waals surface area (Å²) in [5.74, 6) is 0.796. The van der Waals surface area contributed by atoms with Crippen molar-refractivity contribution in [3.8, 4) is 0 Å². The van der Waals surface area contributed by atoms with Gasteiger partial charge in [-0.2, -0.15) is 0 Å². The minimum absolute atomic E-state index is 0.0442. The molecule has 0 fully saturated rings. The molecule has 0 amide bonds. The second-order valence-electron chi connectivity index (χ2n) is 5.97. The Morgan fingerprint density at radius 1 is 0.962 bits per heavy atom. The van der Waals surface area contributed by atoms with Crippen LogP contribution in [0.1, 0.15) is 10.4 Å². The van der Waals surface area contributed by atoms with Gasteiger partial charge in [0.1, 0.15) is 0 Å². The Morgan fingerprint density at radius 2 is 1.77 bits per heavy atom. The van der Waals surface area contributed by atoms with E-state index in [1.54, 1.807) is 23.1 Å². The minimum Gasteiger partial charge on any atom is -0.287 e. The lowest BCUT2D eigenvalue weighted by molar-refractivity contribution is 0.598. The van der Waals surface area contributed by atoms with Gasteiger partial charge in [0.2, 0.25) is 0 Å². The number of benzene rings is 2. The molecule has 0 N–H and O–H groups in total. The maximum Gasteiger partial charge on any atom is 0.262 e. The van der Waals surface area contributed by atoms with Gasteiger partial charge in [-0.05, 0) is 35.6 Å². The first-order chi connectivity index (χ1) is 12.8. The summed E-state index contributed by atoms with van der Waals surface area (Å²) in [5.41, 5.74) is 2.04. The van der Waals surface area contributed by atoms with E-state index in [2.05, 4.69) is 23.6 Å². The average molecular weight is 379 g/mol. The van der Waals surface area contributed by atoms with Crippen molar-refractivity contribution in [3.05, 3.63) is 92.9 Å². The van der Waals surface area contributed by atoms with Gasteiger partial charge >= 0.3 is 0 Å². The zero-order chi connectivity index (χ0) is 17.8. The number of fused-ring (bicyclic) bond motifs is 1. The van der Waals surface area contributed by atoms with E-state index < -0.39 is 0 Å². The molecule has 3 nitrogen and oxygen atoms in total. The van der Waals surface area contributed by atoms with Gasteiger partial charge in [-0.15, -0.1) is 11.3 Å². The Kier molecular flexibility index (Phi) is 5.18. The summed E-state index contributed by atoms with van der Waals surface area (Å²) in [6.07, 6.45) is 0.844. The SMILES string of the molecule is O=c1c2ccccc2nc(SCc2ccccc2)n1CCc1cccs1. The topological polar surface area (TPSA) is 34.9 Å². The molecule has 4 aromatic rings. The van der Waals surface area contributed by atoms with Gasteiger partial charge in [0, 0.05) is 17.2 Å². The Morgan fingerprint density at radius 3 is 2.58 bits per heavy atom. The van der Waals surface area contributed by atoms with Crippen LogP contribution in [0.2, 0.25) is 0 Å². The van der Waals surface area contributed by atoms with E-state index in [0.717, 1.165) is 22.8 Å². The largest absolute Gasteiger partial charge is 0.287 e. The number of hydrogen-bond acceptors (Lipinski definition) is 4. The van der Waals surface area contributed by atoms with Crippen LogP contribution in [-0.2, 0) is 18.7 Å². The lowest BCUT2D eigenvalue weighted by Crippen LogP contribution is -2.24. The Balaban J connectivity index is 1.68. The molecule has 0 atom stereocenters. The van der Waals surface area contributed by atoms with E-state index in [0.29, 0.717) is 11.9 Å². The number of para-hydroxylation sites is 1. The lowest BCUT2D eigenvalue weighted by atomic mass is 10.2.